The highest BCUT2D eigenvalue weighted by molar-refractivity contribution is 7.20. The number of fused-ring (bicyclic) bond motifs is 1. The van der Waals surface area contributed by atoms with Gasteiger partial charge in [0.2, 0.25) is 0 Å². The van der Waals surface area contributed by atoms with Gasteiger partial charge in [-0.25, -0.2) is 4.79 Å². The van der Waals surface area contributed by atoms with Gasteiger partial charge in [0.15, 0.2) is 0 Å². The lowest BCUT2D eigenvalue weighted by Crippen LogP contribution is -2.11. The van der Waals surface area contributed by atoms with Gasteiger partial charge in [-0.15, -0.1) is 11.3 Å². The quantitative estimate of drug-likeness (QED) is 0.515. The monoisotopic (exact) mass is 302 g/mol. The second kappa shape index (κ2) is 6.15. The topological polar surface area (TPSA) is 76.1 Å². The first-order valence-electron chi connectivity index (χ1n) is 6.79. The van der Waals surface area contributed by atoms with E-state index in [-0.39, 0.29) is 11.4 Å². The van der Waals surface area contributed by atoms with Crippen molar-refractivity contribution in [3.63, 3.8) is 0 Å². The van der Waals surface area contributed by atoms with Gasteiger partial charge < -0.3 is 10.5 Å². The maximum atomic E-state index is 12.0. The van der Waals surface area contributed by atoms with Crippen LogP contribution in [0.3, 0.4) is 0 Å². The van der Waals surface area contributed by atoms with Crippen molar-refractivity contribution < 1.29 is 9.53 Å². The Bertz CT molecular complexity index is 698. The van der Waals surface area contributed by atoms with E-state index in [0.29, 0.717) is 30.0 Å². The summed E-state index contributed by atoms with van der Waals surface area (Å²) < 4.78 is 6.27. The number of carbonyl (C=O) groups is 1. The van der Waals surface area contributed by atoms with Crippen LogP contribution in [-0.4, -0.2) is 12.6 Å². The molecule has 0 atom stereocenters. The van der Waals surface area contributed by atoms with E-state index in [4.69, 9.17) is 15.7 Å². The van der Waals surface area contributed by atoms with Gasteiger partial charge in [-0.3, -0.25) is 0 Å². The molecule has 0 saturated heterocycles. The Morgan fingerprint density at radius 1 is 1.43 bits per heavy atom. The van der Waals surface area contributed by atoms with E-state index in [1.807, 2.05) is 32.0 Å². The minimum Gasteiger partial charge on any atom is -0.462 e. The summed E-state index contributed by atoms with van der Waals surface area (Å²) in [5.74, 6) is -0.315. The number of thiophene rings is 1. The molecule has 1 aromatic carbocycles. The van der Waals surface area contributed by atoms with Crippen LogP contribution in [-0.2, 0) is 4.74 Å². The second-order valence-electron chi connectivity index (χ2n) is 5.64. The lowest BCUT2D eigenvalue weighted by molar-refractivity contribution is 0.0497. The summed E-state index contributed by atoms with van der Waals surface area (Å²) in [6.45, 7) is 4.09. The van der Waals surface area contributed by atoms with E-state index in [1.54, 1.807) is 6.07 Å². The molecule has 1 aromatic heterocycles. The first-order chi connectivity index (χ1) is 9.91. The average Bonchev–Trinajstić information content (AvgIpc) is 2.86. The van der Waals surface area contributed by atoms with Crippen LogP contribution in [0.1, 0.15) is 36.4 Å². The predicted molar refractivity (Wildman–Crippen MR) is 85.1 cm³/mol. The molecule has 0 bridgehead atoms. The molecule has 0 spiro atoms. The van der Waals surface area contributed by atoms with Crippen LogP contribution < -0.4 is 5.73 Å². The standard InChI is InChI=1S/C16H18N2O2S/c1-16(2,10-17)6-3-7-20-15(19)14-9-11-8-12(18)4-5-13(11)21-14/h4-5,8-9H,3,6-7,18H2,1-2H3. The molecular weight excluding hydrogens is 284 g/mol. The zero-order valence-corrected chi connectivity index (χ0v) is 13.0. The van der Waals surface area contributed by atoms with Crippen molar-refractivity contribution >= 4 is 33.1 Å². The summed E-state index contributed by atoms with van der Waals surface area (Å²) in [4.78, 5) is 12.6. The van der Waals surface area contributed by atoms with Gasteiger partial charge in [0.25, 0.3) is 0 Å². The zero-order chi connectivity index (χ0) is 15.5. The molecule has 1 heterocycles. The van der Waals surface area contributed by atoms with E-state index in [1.165, 1.54) is 11.3 Å². The van der Waals surface area contributed by atoms with Crippen LogP contribution in [0, 0.1) is 16.7 Å². The van der Waals surface area contributed by atoms with Crippen molar-refractivity contribution in [2.75, 3.05) is 12.3 Å². The van der Waals surface area contributed by atoms with Crippen molar-refractivity contribution in [1.29, 1.82) is 5.26 Å². The molecule has 21 heavy (non-hydrogen) atoms. The molecule has 0 fully saturated rings. The highest BCUT2D eigenvalue weighted by Gasteiger charge is 2.17. The van der Waals surface area contributed by atoms with Crippen LogP contribution in [0.15, 0.2) is 24.3 Å². The summed E-state index contributed by atoms with van der Waals surface area (Å²) in [5.41, 5.74) is 6.03. The molecule has 2 N–H and O–H groups in total. The largest absolute Gasteiger partial charge is 0.462 e. The van der Waals surface area contributed by atoms with E-state index in [0.717, 1.165) is 10.1 Å². The third-order valence-electron chi connectivity index (χ3n) is 3.22. The maximum Gasteiger partial charge on any atom is 0.348 e. The number of ether oxygens (including phenoxy) is 1. The summed E-state index contributed by atoms with van der Waals surface area (Å²) in [7, 11) is 0. The first-order valence-corrected chi connectivity index (χ1v) is 7.60. The average molecular weight is 302 g/mol. The van der Waals surface area contributed by atoms with Crippen molar-refractivity contribution in [2.45, 2.75) is 26.7 Å². The third kappa shape index (κ3) is 3.96. The minimum atomic E-state index is -0.373. The number of hydrogen-bond donors (Lipinski definition) is 1. The Balaban J connectivity index is 1.92. The van der Waals surface area contributed by atoms with Crippen molar-refractivity contribution in [3.05, 3.63) is 29.1 Å². The predicted octanol–water partition coefficient (Wildman–Crippen LogP) is 3.97. The Morgan fingerprint density at radius 2 is 2.19 bits per heavy atom. The maximum absolute atomic E-state index is 12.0. The summed E-state index contributed by atoms with van der Waals surface area (Å²) in [6.07, 6.45) is 1.39. The van der Waals surface area contributed by atoms with E-state index < -0.39 is 0 Å². The van der Waals surface area contributed by atoms with Gasteiger partial charge in [0, 0.05) is 10.4 Å². The molecule has 110 valence electrons. The number of hydrogen-bond acceptors (Lipinski definition) is 5. The molecule has 0 aliphatic rings. The van der Waals surface area contributed by atoms with Gasteiger partial charge in [0.05, 0.1) is 18.1 Å². The molecule has 5 heteroatoms. The second-order valence-corrected chi connectivity index (χ2v) is 6.73. The van der Waals surface area contributed by atoms with E-state index in [2.05, 4.69) is 6.07 Å². The molecule has 2 rings (SSSR count). The number of benzene rings is 1. The molecule has 0 aliphatic carbocycles. The molecule has 2 aromatic rings. The number of rotatable bonds is 5. The molecule has 4 nitrogen and oxygen atoms in total. The number of nitrogens with two attached hydrogens (primary N) is 1. The van der Waals surface area contributed by atoms with Crippen LogP contribution in [0.5, 0.6) is 0 Å². The molecule has 0 aliphatic heterocycles. The number of esters is 1. The summed E-state index contributed by atoms with van der Waals surface area (Å²) in [6, 6.07) is 9.60. The highest BCUT2D eigenvalue weighted by Crippen LogP contribution is 2.28. The first kappa shape index (κ1) is 15.3. The van der Waals surface area contributed by atoms with Gasteiger partial charge in [-0.05, 0) is 56.3 Å². The van der Waals surface area contributed by atoms with Crippen molar-refractivity contribution in [2.24, 2.45) is 5.41 Å². The molecule has 0 radical (unpaired) electrons. The van der Waals surface area contributed by atoms with E-state index in [9.17, 15) is 4.79 Å². The fraction of sp³-hybridized carbons (Fsp3) is 0.375. The number of nitrogen functional groups attached to an aromatic ring is 1. The van der Waals surface area contributed by atoms with Crippen molar-refractivity contribution in [1.82, 2.24) is 0 Å². The summed E-state index contributed by atoms with van der Waals surface area (Å²) >= 11 is 1.40. The summed E-state index contributed by atoms with van der Waals surface area (Å²) in [5, 5.41) is 9.87. The van der Waals surface area contributed by atoms with Crippen LogP contribution in [0.4, 0.5) is 5.69 Å². The number of nitriles is 1. The smallest absolute Gasteiger partial charge is 0.348 e. The minimum absolute atomic E-state index is 0.315. The van der Waals surface area contributed by atoms with Gasteiger partial charge in [-0.1, -0.05) is 0 Å². The number of carbonyl (C=O) groups excluding carboxylic acids is 1. The van der Waals surface area contributed by atoms with Crippen LogP contribution in [0.25, 0.3) is 10.1 Å². The fourth-order valence-electron chi connectivity index (χ4n) is 1.97. The van der Waals surface area contributed by atoms with Gasteiger partial charge >= 0.3 is 5.97 Å². The van der Waals surface area contributed by atoms with Crippen LogP contribution in [0.2, 0.25) is 0 Å². The SMILES string of the molecule is CC(C)(C#N)CCCOC(=O)c1cc2cc(N)ccc2s1. The molecule has 0 amide bonds. The lowest BCUT2D eigenvalue weighted by atomic mass is 9.90. The van der Waals surface area contributed by atoms with E-state index >= 15 is 0 Å². The zero-order valence-electron chi connectivity index (χ0n) is 12.2. The molecular formula is C16H18N2O2S. The third-order valence-corrected chi connectivity index (χ3v) is 4.32. The molecule has 0 saturated carbocycles. The fourth-order valence-corrected chi connectivity index (χ4v) is 2.91. The highest BCUT2D eigenvalue weighted by atomic mass is 32.1. The number of anilines is 1. The number of nitrogens with zero attached hydrogens (tertiary/aromatic N) is 1. The normalized spacial score (nSPS) is 11.3. The lowest BCUT2D eigenvalue weighted by Gasteiger charge is -2.14. The van der Waals surface area contributed by atoms with Crippen LogP contribution >= 0.6 is 11.3 Å². The van der Waals surface area contributed by atoms with Crippen molar-refractivity contribution in [3.8, 4) is 6.07 Å². The Hall–Kier alpha value is -2.06. The Labute approximate surface area is 128 Å². The Kier molecular flexibility index (Phi) is 4.49. The van der Waals surface area contributed by atoms with Gasteiger partial charge in [-0.2, -0.15) is 5.26 Å². The Morgan fingerprint density at radius 3 is 2.90 bits per heavy atom. The molecule has 0 unspecified atom stereocenters. The van der Waals surface area contributed by atoms with Gasteiger partial charge in [0.1, 0.15) is 4.88 Å².